The van der Waals surface area contributed by atoms with Crippen molar-refractivity contribution in [2.45, 2.75) is 51.1 Å². The Labute approximate surface area is 137 Å². The third kappa shape index (κ3) is 4.43. The van der Waals surface area contributed by atoms with Gasteiger partial charge >= 0.3 is 0 Å². The van der Waals surface area contributed by atoms with Crippen LogP contribution in [0.1, 0.15) is 44.2 Å². The molecule has 1 unspecified atom stereocenters. The summed E-state index contributed by atoms with van der Waals surface area (Å²) in [6, 6.07) is 10.3. The SMILES string of the molecule is OCCC(NCc1coc(-c2ccccc2)n1)C1CCCCC1. The fraction of sp³-hybridized carbons (Fsp3) is 0.526. The number of hydrogen-bond acceptors (Lipinski definition) is 4. The molecule has 2 aromatic rings. The molecule has 1 aromatic heterocycles. The molecule has 0 saturated heterocycles. The smallest absolute Gasteiger partial charge is 0.226 e. The normalized spacial score (nSPS) is 17.3. The van der Waals surface area contributed by atoms with Crippen molar-refractivity contribution in [2.24, 2.45) is 5.92 Å². The van der Waals surface area contributed by atoms with E-state index in [0.717, 1.165) is 17.7 Å². The first kappa shape index (κ1) is 16.2. The van der Waals surface area contributed by atoms with Gasteiger partial charge in [-0.1, -0.05) is 37.5 Å². The maximum atomic E-state index is 9.34. The predicted molar refractivity (Wildman–Crippen MR) is 90.8 cm³/mol. The van der Waals surface area contributed by atoms with Crippen LogP contribution in [0.3, 0.4) is 0 Å². The number of benzene rings is 1. The monoisotopic (exact) mass is 314 g/mol. The molecular weight excluding hydrogens is 288 g/mol. The minimum atomic E-state index is 0.238. The van der Waals surface area contributed by atoms with Crippen LogP contribution in [0.2, 0.25) is 0 Å². The number of aliphatic hydroxyl groups is 1. The van der Waals surface area contributed by atoms with E-state index in [-0.39, 0.29) is 6.61 Å². The van der Waals surface area contributed by atoms with Crippen molar-refractivity contribution >= 4 is 0 Å². The standard InChI is InChI=1S/C19H26N2O2/c22-12-11-18(15-7-3-1-4-8-15)20-13-17-14-23-19(21-17)16-9-5-2-6-10-16/h2,5-6,9-10,14-15,18,20,22H,1,3-4,7-8,11-13H2. The Morgan fingerprint density at radius 3 is 2.70 bits per heavy atom. The Balaban J connectivity index is 1.59. The van der Waals surface area contributed by atoms with E-state index in [1.807, 2.05) is 30.3 Å². The number of nitrogens with one attached hydrogen (secondary N) is 1. The predicted octanol–water partition coefficient (Wildman–Crippen LogP) is 3.76. The first-order chi connectivity index (χ1) is 11.4. The van der Waals surface area contributed by atoms with Crippen LogP contribution in [0.4, 0.5) is 0 Å². The Bertz CT molecular complexity index is 576. The molecule has 3 rings (SSSR count). The van der Waals surface area contributed by atoms with Gasteiger partial charge in [-0.15, -0.1) is 0 Å². The van der Waals surface area contributed by atoms with Crippen molar-refractivity contribution in [1.82, 2.24) is 10.3 Å². The highest BCUT2D eigenvalue weighted by Crippen LogP contribution is 2.28. The summed E-state index contributed by atoms with van der Waals surface area (Å²) in [5, 5.41) is 12.9. The lowest BCUT2D eigenvalue weighted by Gasteiger charge is -2.30. The molecule has 1 saturated carbocycles. The fourth-order valence-electron chi connectivity index (χ4n) is 3.52. The number of aromatic nitrogens is 1. The maximum absolute atomic E-state index is 9.34. The van der Waals surface area contributed by atoms with E-state index in [4.69, 9.17) is 4.42 Å². The topological polar surface area (TPSA) is 58.3 Å². The van der Waals surface area contributed by atoms with Crippen LogP contribution in [-0.4, -0.2) is 22.7 Å². The molecule has 1 aliphatic rings. The van der Waals surface area contributed by atoms with Gasteiger partial charge in [0.2, 0.25) is 5.89 Å². The van der Waals surface area contributed by atoms with E-state index < -0.39 is 0 Å². The first-order valence-corrected chi connectivity index (χ1v) is 8.71. The lowest BCUT2D eigenvalue weighted by atomic mass is 9.83. The van der Waals surface area contributed by atoms with Crippen molar-refractivity contribution < 1.29 is 9.52 Å². The maximum Gasteiger partial charge on any atom is 0.226 e. The second-order valence-electron chi connectivity index (χ2n) is 6.41. The van der Waals surface area contributed by atoms with Gasteiger partial charge in [0.25, 0.3) is 0 Å². The second kappa shape index (κ2) is 8.27. The van der Waals surface area contributed by atoms with Gasteiger partial charge in [0, 0.05) is 24.8 Å². The van der Waals surface area contributed by atoms with Crippen LogP contribution in [0.15, 0.2) is 41.0 Å². The molecule has 0 spiro atoms. The average Bonchev–Trinajstić information content (AvgIpc) is 3.09. The van der Waals surface area contributed by atoms with E-state index in [1.54, 1.807) is 6.26 Å². The summed E-state index contributed by atoms with van der Waals surface area (Å²) in [7, 11) is 0. The Morgan fingerprint density at radius 2 is 1.96 bits per heavy atom. The van der Waals surface area contributed by atoms with E-state index in [0.29, 0.717) is 24.4 Å². The highest BCUT2D eigenvalue weighted by Gasteiger charge is 2.23. The van der Waals surface area contributed by atoms with Crippen molar-refractivity contribution in [3.05, 3.63) is 42.3 Å². The van der Waals surface area contributed by atoms with Gasteiger partial charge in [-0.2, -0.15) is 0 Å². The van der Waals surface area contributed by atoms with Crippen LogP contribution >= 0.6 is 0 Å². The fourth-order valence-corrected chi connectivity index (χ4v) is 3.52. The van der Waals surface area contributed by atoms with Gasteiger partial charge in [-0.25, -0.2) is 4.98 Å². The van der Waals surface area contributed by atoms with Gasteiger partial charge in [0.1, 0.15) is 6.26 Å². The molecule has 0 radical (unpaired) electrons. The average molecular weight is 314 g/mol. The van der Waals surface area contributed by atoms with Gasteiger partial charge < -0.3 is 14.8 Å². The lowest BCUT2D eigenvalue weighted by Crippen LogP contribution is -2.37. The molecule has 1 aliphatic carbocycles. The van der Waals surface area contributed by atoms with E-state index in [9.17, 15) is 5.11 Å². The highest BCUT2D eigenvalue weighted by atomic mass is 16.3. The van der Waals surface area contributed by atoms with Crippen LogP contribution < -0.4 is 5.32 Å². The minimum absolute atomic E-state index is 0.238. The molecule has 0 bridgehead atoms. The summed E-state index contributed by atoms with van der Waals surface area (Å²) in [6.45, 7) is 0.930. The number of oxazole rings is 1. The van der Waals surface area contributed by atoms with Gasteiger partial charge in [-0.3, -0.25) is 0 Å². The third-order valence-corrected chi connectivity index (χ3v) is 4.78. The van der Waals surface area contributed by atoms with Crippen molar-refractivity contribution in [2.75, 3.05) is 6.61 Å². The summed E-state index contributed by atoms with van der Waals surface area (Å²) < 4.78 is 5.59. The number of nitrogens with zero attached hydrogens (tertiary/aromatic N) is 1. The molecule has 1 aromatic carbocycles. The van der Waals surface area contributed by atoms with E-state index >= 15 is 0 Å². The Hall–Kier alpha value is -1.65. The molecule has 23 heavy (non-hydrogen) atoms. The summed E-state index contributed by atoms with van der Waals surface area (Å²) in [4.78, 5) is 4.57. The van der Waals surface area contributed by atoms with Gasteiger partial charge in [0.05, 0.1) is 5.69 Å². The molecule has 1 atom stereocenters. The molecule has 2 N–H and O–H groups in total. The quantitative estimate of drug-likeness (QED) is 0.817. The van der Waals surface area contributed by atoms with Crippen LogP contribution in [0.5, 0.6) is 0 Å². The molecule has 1 fully saturated rings. The second-order valence-corrected chi connectivity index (χ2v) is 6.41. The molecule has 0 aliphatic heterocycles. The third-order valence-electron chi connectivity index (χ3n) is 4.78. The molecule has 4 heteroatoms. The zero-order chi connectivity index (χ0) is 15.9. The Kier molecular flexibility index (Phi) is 5.83. The lowest BCUT2D eigenvalue weighted by molar-refractivity contribution is 0.205. The summed E-state index contributed by atoms with van der Waals surface area (Å²) in [6.07, 6.45) is 9.07. The van der Waals surface area contributed by atoms with Crippen molar-refractivity contribution in [3.63, 3.8) is 0 Å². The number of rotatable bonds is 7. The highest BCUT2D eigenvalue weighted by molar-refractivity contribution is 5.52. The number of hydrogen-bond donors (Lipinski definition) is 2. The van der Waals surface area contributed by atoms with Gasteiger partial charge in [-0.05, 0) is 37.3 Å². The molecular formula is C19H26N2O2. The molecule has 4 nitrogen and oxygen atoms in total. The zero-order valence-electron chi connectivity index (χ0n) is 13.6. The molecule has 1 heterocycles. The summed E-state index contributed by atoms with van der Waals surface area (Å²) in [5.74, 6) is 1.34. The summed E-state index contributed by atoms with van der Waals surface area (Å²) >= 11 is 0. The largest absolute Gasteiger partial charge is 0.444 e. The molecule has 124 valence electrons. The van der Waals surface area contributed by atoms with Crippen molar-refractivity contribution in [1.29, 1.82) is 0 Å². The Morgan fingerprint density at radius 1 is 1.17 bits per heavy atom. The first-order valence-electron chi connectivity index (χ1n) is 8.71. The van der Waals surface area contributed by atoms with E-state index in [1.165, 1.54) is 32.1 Å². The number of aliphatic hydroxyl groups excluding tert-OH is 1. The molecule has 0 amide bonds. The van der Waals surface area contributed by atoms with Crippen LogP contribution in [0, 0.1) is 5.92 Å². The summed E-state index contributed by atoms with van der Waals surface area (Å²) in [5.41, 5.74) is 1.92. The van der Waals surface area contributed by atoms with Crippen LogP contribution in [-0.2, 0) is 6.54 Å². The minimum Gasteiger partial charge on any atom is -0.444 e. The van der Waals surface area contributed by atoms with Crippen LogP contribution in [0.25, 0.3) is 11.5 Å². The van der Waals surface area contributed by atoms with Crippen molar-refractivity contribution in [3.8, 4) is 11.5 Å². The van der Waals surface area contributed by atoms with Gasteiger partial charge in [0.15, 0.2) is 0 Å². The zero-order valence-corrected chi connectivity index (χ0v) is 13.6. The van der Waals surface area contributed by atoms with E-state index in [2.05, 4.69) is 10.3 Å².